The van der Waals surface area contributed by atoms with Gasteiger partial charge in [-0.25, -0.2) is 0 Å². The fourth-order valence-electron chi connectivity index (χ4n) is 2.23. The van der Waals surface area contributed by atoms with E-state index in [1.807, 2.05) is 42.7 Å². The topological polar surface area (TPSA) is 9.23 Å². The predicted molar refractivity (Wildman–Crippen MR) is 83.3 cm³/mol. The summed E-state index contributed by atoms with van der Waals surface area (Å²) in [5.41, 5.74) is 3.64. The van der Waals surface area contributed by atoms with Gasteiger partial charge in [-0.1, -0.05) is 66.8 Å². The highest BCUT2D eigenvalue weighted by atomic mass is 16.5. The van der Waals surface area contributed by atoms with Crippen molar-refractivity contribution in [2.24, 2.45) is 0 Å². The maximum Gasteiger partial charge on any atom is 0.126 e. The lowest BCUT2D eigenvalue weighted by Gasteiger charge is -2.14. The molecule has 1 aliphatic rings. The highest BCUT2D eigenvalue weighted by Gasteiger charge is 2.09. The van der Waals surface area contributed by atoms with Gasteiger partial charge in [-0.05, 0) is 35.3 Å². The van der Waals surface area contributed by atoms with Crippen LogP contribution in [0.25, 0.3) is 5.57 Å². The molecule has 0 heterocycles. The largest absolute Gasteiger partial charge is 0.465 e. The summed E-state index contributed by atoms with van der Waals surface area (Å²) < 4.78 is 5.76. The van der Waals surface area contributed by atoms with Crippen molar-refractivity contribution in [3.63, 3.8) is 0 Å². The molecule has 0 atom stereocenters. The second-order valence-electron chi connectivity index (χ2n) is 4.65. The van der Waals surface area contributed by atoms with Crippen molar-refractivity contribution in [1.29, 1.82) is 0 Å². The Labute approximate surface area is 119 Å². The number of hydrogen-bond acceptors (Lipinski definition) is 1. The molecule has 0 radical (unpaired) electrons. The van der Waals surface area contributed by atoms with E-state index in [4.69, 9.17) is 4.74 Å². The number of ether oxygens (including phenoxy) is 1. The van der Waals surface area contributed by atoms with Gasteiger partial charge in [-0.2, -0.15) is 0 Å². The maximum absolute atomic E-state index is 5.76. The fourth-order valence-corrected chi connectivity index (χ4v) is 2.23. The molecule has 98 valence electrons. The summed E-state index contributed by atoms with van der Waals surface area (Å²) in [5, 5.41) is 0. The Bertz CT molecular complexity index is 649. The summed E-state index contributed by atoms with van der Waals surface area (Å²) in [7, 11) is 0. The molecular formula is C19H16O. The molecule has 0 saturated heterocycles. The van der Waals surface area contributed by atoms with E-state index in [-0.39, 0.29) is 0 Å². The SMILES string of the molecule is C1=CCC(=COc2ccccc2)C(c2ccccc2)=C1. The monoisotopic (exact) mass is 260 g/mol. The lowest BCUT2D eigenvalue weighted by Crippen LogP contribution is -1.95. The lowest BCUT2D eigenvalue weighted by molar-refractivity contribution is 0.476. The maximum atomic E-state index is 5.76. The zero-order valence-corrected chi connectivity index (χ0v) is 11.2. The summed E-state index contributed by atoms with van der Waals surface area (Å²) >= 11 is 0. The van der Waals surface area contributed by atoms with Crippen molar-refractivity contribution >= 4 is 5.57 Å². The van der Waals surface area contributed by atoms with Crippen LogP contribution in [-0.4, -0.2) is 0 Å². The van der Waals surface area contributed by atoms with Gasteiger partial charge in [0.15, 0.2) is 0 Å². The van der Waals surface area contributed by atoms with E-state index in [0.717, 1.165) is 12.2 Å². The van der Waals surface area contributed by atoms with E-state index in [9.17, 15) is 0 Å². The van der Waals surface area contributed by atoms with Crippen LogP contribution >= 0.6 is 0 Å². The molecule has 1 nitrogen and oxygen atoms in total. The van der Waals surface area contributed by atoms with E-state index in [1.165, 1.54) is 16.7 Å². The Balaban J connectivity index is 1.85. The molecule has 20 heavy (non-hydrogen) atoms. The van der Waals surface area contributed by atoms with Crippen molar-refractivity contribution in [2.75, 3.05) is 0 Å². The van der Waals surface area contributed by atoms with Crippen LogP contribution in [0.15, 0.2) is 90.7 Å². The van der Waals surface area contributed by atoms with Gasteiger partial charge in [-0.15, -0.1) is 0 Å². The molecule has 0 aromatic heterocycles. The standard InChI is InChI=1S/C19H16O/c1-3-9-16(10-4-1)19-14-8-7-11-17(19)15-20-18-12-5-2-6-13-18/h1-10,12-15H,11H2. The van der Waals surface area contributed by atoms with Crippen molar-refractivity contribution in [3.8, 4) is 5.75 Å². The Morgan fingerprint density at radius 3 is 2.30 bits per heavy atom. The van der Waals surface area contributed by atoms with Gasteiger partial charge in [0.1, 0.15) is 5.75 Å². The zero-order chi connectivity index (χ0) is 13.6. The molecule has 1 heteroatoms. The van der Waals surface area contributed by atoms with E-state index in [1.54, 1.807) is 0 Å². The van der Waals surface area contributed by atoms with Crippen molar-refractivity contribution in [2.45, 2.75) is 6.42 Å². The van der Waals surface area contributed by atoms with Gasteiger partial charge in [0, 0.05) is 0 Å². The third-order valence-electron chi connectivity index (χ3n) is 3.25. The van der Waals surface area contributed by atoms with Crippen LogP contribution in [0.1, 0.15) is 12.0 Å². The van der Waals surface area contributed by atoms with Gasteiger partial charge >= 0.3 is 0 Å². The minimum absolute atomic E-state index is 0.863. The van der Waals surface area contributed by atoms with Crippen LogP contribution in [0, 0.1) is 0 Å². The second-order valence-corrected chi connectivity index (χ2v) is 4.65. The summed E-state index contributed by atoms with van der Waals surface area (Å²) in [6.07, 6.45) is 9.14. The normalized spacial score (nSPS) is 16.0. The molecule has 0 unspecified atom stereocenters. The van der Waals surface area contributed by atoms with Gasteiger partial charge in [-0.3, -0.25) is 0 Å². The molecule has 3 rings (SSSR count). The molecular weight excluding hydrogens is 244 g/mol. The van der Waals surface area contributed by atoms with Crippen molar-refractivity contribution in [3.05, 3.63) is 96.3 Å². The van der Waals surface area contributed by atoms with E-state index in [0.29, 0.717) is 0 Å². The van der Waals surface area contributed by atoms with Gasteiger partial charge < -0.3 is 4.74 Å². The molecule has 2 aromatic carbocycles. The van der Waals surface area contributed by atoms with Gasteiger partial charge in [0.25, 0.3) is 0 Å². The first-order chi connectivity index (χ1) is 9.93. The summed E-state index contributed by atoms with van der Waals surface area (Å²) in [4.78, 5) is 0. The van der Waals surface area contributed by atoms with Crippen LogP contribution in [0.2, 0.25) is 0 Å². The molecule has 0 N–H and O–H groups in total. The highest BCUT2D eigenvalue weighted by molar-refractivity contribution is 5.81. The minimum Gasteiger partial charge on any atom is -0.465 e. The first-order valence-electron chi connectivity index (χ1n) is 6.77. The number of rotatable bonds is 3. The van der Waals surface area contributed by atoms with E-state index < -0.39 is 0 Å². The lowest BCUT2D eigenvalue weighted by atomic mass is 9.93. The summed E-state index contributed by atoms with van der Waals surface area (Å²) in [6.45, 7) is 0. The molecule has 0 saturated carbocycles. The number of hydrogen-bond donors (Lipinski definition) is 0. The van der Waals surface area contributed by atoms with Crippen LogP contribution < -0.4 is 4.74 Å². The Morgan fingerprint density at radius 2 is 1.55 bits per heavy atom. The fraction of sp³-hybridized carbons (Fsp3) is 0.0526. The zero-order valence-electron chi connectivity index (χ0n) is 11.2. The number of para-hydroxylation sites is 1. The predicted octanol–water partition coefficient (Wildman–Crippen LogP) is 4.99. The third kappa shape index (κ3) is 2.89. The minimum atomic E-state index is 0.863. The molecule has 1 aliphatic carbocycles. The van der Waals surface area contributed by atoms with E-state index >= 15 is 0 Å². The van der Waals surface area contributed by atoms with Gasteiger partial charge in [0.2, 0.25) is 0 Å². The average Bonchev–Trinajstić information content (AvgIpc) is 2.55. The molecule has 0 amide bonds. The molecule has 0 spiro atoms. The van der Waals surface area contributed by atoms with Crippen LogP contribution in [0.5, 0.6) is 5.75 Å². The van der Waals surface area contributed by atoms with Crippen LogP contribution in [0.4, 0.5) is 0 Å². The smallest absolute Gasteiger partial charge is 0.126 e. The summed E-state index contributed by atoms with van der Waals surface area (Å²) in [5.74, 6) is 0.863. The Morgan fingerprint density at radius 1 is 0.850 bits per heavy atom. The Kier molecular flexibility index (Phi) is 3.79. The summed E-state index contributed by atoms with van der Waals surface area (Å²) in [6, 6.07) is 20.3. The quantitative estimate of drug-likeness (QED) is 0.706. The molecule has 0 bridgehead atoms. The average molecular weight is 260 g/mol. The van der Waals surface area contributed by atoms with Crippen molar-refractivity contribution in [1.82, 2.24) is 0 Å². The van der Waals surface area contributed by atoms with E-state index in [2.05, 4.69) is 42.5 Å². The van der Waals surface area contributed by atoms with Crippen molar-refractivity contribution < 1.29 is 4.74 Å². The molecule has 2 aromatic rings. The first-order valence-corrected chi connectivity index (χ1v) is 6.77. The van der Waals surface area contributed by atoms with Crippen LogP contribution in [-0.2, 0) is 0 Å². The van der Waals surface area contributed by atoms with Crippen LogP contribution in [0.3, 0.4) is 0 Å². The Hall–Kier alpha value is -2.54. The van der Waals surface area contributed by atoms with Gasteiger partial charge in [0.05, 0.1) is 6.26 Å². The molecule has 0 aliphatic heterocycles. The number of benzene rings is 2. The molecule has 0 fully saturated rings. The number of allylic oxidation sites excluding steroid dienone is 5. The second kappa shape index (κ2) is 6.07. The third-order valence-corrected chi connectivity index (χ3v) is 3.25. The highest BCUT2D eigenvalue weighted by Crippen LogP contribution is 2.29. The first kappa shape index (κ1) is 12.5.